The Kier molecular flexibility index (Phi) is 8.17. The summed E-state index contributed by atoms with van der Waals surface area (Å²) in [5, 5.41) is 6.89. The number of hydrogen-bond acceptors (Lipinski definition) is 2. The summed E-state index contributed by atoms with van der Waals surface area (Å²) in [5.74, 6) is 2.58. The molecule has 20 heavy (non-hydrogen) atoms. The first-order valence-corrected chi connectivity index (χ1v) is 8.00. The van der Waals surface area contributed by atoms with Crippen molar-refractivity contribution in [2.75, 3.05) is 32.7 Å². The molecule has 1 saturated heterocycles. The zero-order valence-electron chi connectivity index (χ0n) is 13.2. The van der Waals surface area contributed by atoms with E-state index in [-0.39, 0.29) is 24.0 Å². The van der Waals surface area contributed by atoms with E-state index in [0.29, 0.717) is 6.04 Å². The molecule has 0 spiro atoms. The van der Waals surface area contributed by atoms with Crippen LogP contribution in [0.1, 0.15) is 40.0 Å². The minimum absolute atomic E-state index is 0. The zero-order valence-corrected chi connectivity index (χ0v) is 15.5. The average molecular weight is 394 g/mol. The fourth-order valence-electron chi connectivity index (χ4n) is 2.82. The highest BCUT2D eigenvalue weighted by molar-refractivity contribution is 14.0. The van der Waals surface area contributed by atoms with Crippen LogP contribution >= 0.6 is 24.0 Å². The fourth-order valence-corrected chi connectivity index (χ4v) is 2.82. The first kappa shape index (κ1) is 18.0. The van der Waals surface area contributed by atoms with E-state index in [2.05, 4.69) is 36.3 Å². The van der Waals surface area contributed by atoms with Crippen molar-refractivity contribution in [2.45, 2.75) is 46.1 Å². The van der Waals surface area contributed by atoms with Gasteiger partial charge in [-0.25, -0.2) is 0 Å². The summed E-state index contributed by atoms with van der Waals surface area (Å²) >= 11 is 0. The Morgan fingerprint density at radius 3 is 2.70 bits per heavy atom. The number of rotatable bonds is 6. The van der Waals surface area contributed by atoms with E-state index in [9.17, 15) is 0 Å². The maximum absolute atomic E-state index is 4.77. The van der Waals surface area contributed by atoms with Crippen molar-refractivity contribution in [3.63, 3.8) is 0 Å². The predicted octanol–water partition coefficient (Wildman–Crippen LogP) is 2.30. The molecule has 0 bridgehead atoms. The first-order chi connectivity index (χ1) is 9.22. The van der Waals surface area contributed by atoms with Crippen LogP contribution in [0.15, 0.2) is 4.99 Å². The molecule has 2 rings (SSSR count). The molecule has 1 heterocycles. The summed E-state index contributed by atoms with van der Waals surface area (Å²) in [6.07, 6.45) is 3.86. The highest BCUT2D eigenvalue weighted by Crippen LogP contribution is 2.28. The van der Waals surface area contributed by atoms with Gasteiger partial charge in [0, 0.05) is 25.7 Å². The van der Waals surface area contributed by atoms with E-state index in [1.54, 1.807) is 0 Å². The van der Waals surface area contributed by atoms with Gasteiger partial charge in [-0.3, -0.25) is 4.99 Å². The molecule has 0 aromatic carbocycles. The number of halogens is 1. The van der Waals surface area contributed by atoms with Crippen LogP contribution in [0.2, 0.25) is 0 Å². The van der Waals surface area contributed by atoms with E-state index in [0.717, 1.165) is 30.9 Å². The Morgan fingerprint density at radius 2 is 2.10 bits per heavy atom. The molecule has 0 amide bonds. The molecule has 0 radical (unpaired) electrons. The minimum Gasteiger partial charge on any atom is -0.357 e. The molecular formula is C15H31IN4. The van der Waals surface area contributed by atoms with Gasteiger partial charge in [0.15, 0.2) is 5.96 Å². The summed E-state index contributed by atoms with van der Waals surface area (Å²) in [4.78, 5) is 7.35. The van der Waals surface area contributed by atoms with Gasteiger partial charge in [-0.15, -0.1) is 24.0 Å². The Hall–Kier alpha value is -0.0400. The smallest absolute Gasteiger partial charge is 0.191 e. The van der Waals surface area contributed by atoms with Crippen LogP contribution in [-0.4, -0.2) is 49.6 Å². The number of nitrogens with one attached hydrogen (secondary N) is 2. The number of aliphatic imine (C=N–C) groups is 1. The van der Waals surface area contributed by atoms with Gasteiger partial charge in [-0.05, 0) is 51.1 Å². The van der Waals surface area contributed by atoms with E-state index in [1.165, 1.54) is 38.9 Å². The van der Waals surface area contributed by atoms with Crippen molar-refractivity contribution in [1.82, 2.24) is 15.5 Å². The highest BCUT2D eigenvalue weighted by atomic mass is 127. The lowest BCUT2D eigenvalue weighted by atomic mass is 10.1. The van der Waals surface area contributed by atoms with Crippen LogP contribution in [0.25, 0.3) is 0 Å². The molecule has 118 valence electrons. The lowest BCUT2D eigenvalue weighted by Crippen LogP contribution is -2.39. The average Bonchev–Trinajstić information content (AvgIpc) is 2.90. The second kappa shape index (κ2) is 9.07. The highest BCUT2D eigenvalue weighted by Gasteiger charge is 2.33. The van der Waals surface area contributed by atoms with Crippen molar-refractivity contribution in [1.29, 1.82) is 0 Å². The van der Waals surface area contributed by atoms with E-state index < -0.39 is 0 Å². The number of guanidine groups is 1. The Balaban J connectivity index is 0.00000200. The van der Waals surface area contributed by atoms with Crippen LogP contribution < -0.4 is 10.6 Å². The van der Waals surface area contributed by atoms with Crippen LogP contribution in [0.4, 0.5) is 0 Å². The molecule has 1 aliphatic carbocycles. The van der Waals surface area contributed by atoms with Crippen molar-refractivity contribution >= 4 is 29.9 Å². The summed E-state index contributed by atoms with van der Waals surface area (Å²) in [6.45, 7) is 12.3. The normalized spacial score (nSPS) is 29.9. The van der Waals surface area contributed by atoms with Gasteiger partial charge in [0.05, 0.1) is 0 Å². The standard InChI is InChI=1S/C15H30N4.HI/c1-4-7-19-8-6-13(11-19)10-17-15(16-5-2)18-14-9-12(14)3;/h12-14H,4-11H2,1-3H3,(H2,16,17,18);1H. The summed E-state index contributed by atoms with van der Waals surface area (Å²) in [5.41, 5.74) is 0. The van der Waals surface area contributed by atoms with Gasteiger partial charge < -0.3 is 15.5 Å². The van der Waals surface area contributed by atoms with Crippen LogP contribution in [0, 0.1) is 11.8 Å². The van der Waals surface area contributed by atoms with Gasteiger partial charge in [0.1, 0.15) is 0 Å². The predicted molar refractivity (Wildman–Crippen MR) is 96.9 cm³/mol. The first-order valence-electron chi connectivity index (χ1n) is 8.00. The number of likely N-dealkylation sites (tertiary alicyclic amines) is 1. The molecule has 3 atom stereocenters. The van der Waals surface area contributed by atoms with Crippen molar-refractivity contribution < 1.29 is 0 Å². The second-order valence-electron chi connectivity index (χ2n) is 6.14. The summed E-state index contributed by atoms with van der Waals surface area (Å²) in [7, 11) is 0. The third-order valence-electron chi connectivity index (χ3n) is 4.19. The van der Waals surface area contributed by atoms with Gasteiger partial charge >= 0.3 is 0 Å². The van der Waals surface area contributed by atoms with E-state index in [4.69, 9.17) is 4.99 Å². The fraction of sp³-hybridized carbons (Fsp3) is 0.933. The number of nitrogens with zero attached hydrogens (tertiary/aromatic N) is 2. The third kappa shape index (κ3) is 5.76. The molecule has 2 aliphatic rings. The third-order valence-corrected chi connectivity index (χ3v) is 4.19. The SMILES string of the molecule is CCCN1CCC(CN=C(NCC)NC2CC2C)C1.I. The van der Waals surface area contributed by atoms with Crippen molar-refractivity contribution in [2.24, 2.45) is 16.8 Å². The minimum atomic E-state index is 0. The van der Waals surface area contributed by atoms with Crippen LogP contribution in [0.5, 0.6) is 0 Å². The quantitative estimate of drug-likeness (QED) is 0.413. The maximum atomic E-state index is 4.77. The van der Waals surface area contributed by atoms with Crippen molar-refractivity contribution in [3.8, 4) is 0 Å². The Morgan fingerprint density at radius 1 is 1.35 bits per heavy atom. The van der Waals surface area contributed by atoms with Crippen LogP contribution in [0.3, 0.4) is 0 Å². The van der Waals surface area contributed by atoms with Crippen molar-refractivity contribution in [3.05, 3.63) is 0 Å². The van der Waals surface area contributed by atoms with Gasteiger partial charge in [-0.1, -0.05) is 13.8 Å². The van der Waals surface area contributed by atoms with Gasteiger partial charge in [0.25, 0.3) is 0 Å². The molecular weight excluding hydrogens is 363 g/mol. The number of hydrogen-bond donors (Lipinski definition) is 2. The maximum Gasteiger partial charge on any atom is 0.191 e. The van der Waals surface area contributed by atoms with Crippen LogP contribution in [-0.2, 0) is 0 Å². The molecule has 3 unspecified atom stereocenters. The molecule has 1 aliphatic heterocycles. The topological polar surface area (TPSA) is 39.7 Å². The monoisotopic (exact) mass is 394 g/mol. The largest absolute Gasteiger partial charge is 0.357 e. The molecule has 2 N–H and O–H groups in total. The van der Waals surface area contributed by atoms with E-state index >= 15 is 0 Å². The Bertz CT molecular complexity index is 308. The summed E-state index contributed by atoms with van der Waals surface area (Å²) < 4.78 is 0. The molecule has 1 saturated carbocycles. The summed E-state index contributed by atoms with van der Waals surface area (Å²) in [6, 6.07) is 0.651. The molecule has 5 heteroatoms. The Labute approximate surface area is 141 Å². The second-order valence-corrected chi connectivity index (χ2v) is 6.14. The van der Waals surface area contributed by atoms with Gasteiger partial charge in [0.2, 0.25) is 0 Å². The molecule has 4 nitrogen and oxygen atoms in total. The molecule has 2 fully saturated rings. The lowest BCUT2D eigenvalue weighted by molar-refractivity contribution is 0.326. The zero-order chi connectivity index (χ0) is 13.7. The molecule has 0 aromatic rings. The van der Waals surface area contributed by atoms with E-state index in [1.807, 2.05) is 0 Å². The lowest BCUT2D eigenvalue weighted by Gasteiger charge is -2.14. The van der Waals surface area contributed by atoms with Gasteiger partial charge in [-0.2, -0.15) is 0 Å². The molecule has 0 aromatic heterocycles.